The van der Waals surface area contributed by atoms with E-state index >= 15 is 0 Å². The van der Waals surface area contributed by atoms with Gasteiger partial charge in [0.2, 0.25) is 21.8 Å². The minimum absolute atomic E-state index is 0.154. The summed E-state index contributed by atoms with van der Waals surface area (Å²) in [5.41, 5.74) is 0.154. The van der Waals surface area contributed by atoms with Crippen molar-refractivity contribution in [3.05, 3.63) is 47.0 Å². The van der Waals surface area contributed by atoms with Crippen LogP contribution in [-0.2, 0) is 16.6 Å². The van der Waals surface area contributed by atoms with Gasteiger partial charge in [-0.15, -0.1) is 0 Å². The lowest BCUT2D eigenvalue weighted by Crippen LogP contribution is -2.45. The zero-order valence-corrected chi connectivity index (χ0v) is 15.9. The van der Waals surface area contributed by atoms with Gasteiger partial charge in [-0.1, -0.05) is 0 Å². The molecule has 1 fully saturated rings. The molecular formula is C16H16F5N5O2S. The van der Waals surface area contributed by atoms with Crippen LogP contribution in [0.1, 0.15) is 5.69 Å². The second kappa shape index (κ2) is 8.16. The molecule has 0 spiro atoms. The van der Waals surface area contributed by atoms with Crippen LogP contribution in [0, 0.1) is 29.1 Å². The van der Waals surface area contributed by atoms with Crippen molar-refractivity contribution in [3.63, 3.8) is 0 Å². The van der Waals surface area contributed by atoms with Crippen molar-refractivity contribution in [1.82, 2.24) is 19.6 Å². The third-order valence-corrected chi connectivity index (χ3v) is 5.79. The average molecular weight is 437 g/mol. The van der Waals surface area contributed by atoms with E-state index in [0.29, 0.717) is 19.0 Å². The highest BCUT2D eigenvalue weighted by Crippen LogP contribution is 2.26. The van der Waals surface area contributed by atoms with Gasteiger partial charge >= 0.3 is 0 Å². The van der Waals surface area contributed by atoms with Gasteiger partial charge < -0.3 is 9.80 Å². The van der Waals surface area contributed by atoms with E-state index in [1.807, 2.05) is 11.9 Å². The van der Waals surface area contributed by atoms with E-state index in [1.165, 1.54) is 12.3 Å². The van der Waals surface area contributed by atoms with E-state index in [-0.39, 0.29) is 5.69 Å². The summed E-state index contributed by atoms with van der Waals surface area (Å²) < 4.78 is 93.4. The van der Waals surface area contributed by atoms with Crippen LogP contribution in [0.3, 0.4) is 0 Å². The van der Waals surface area contributed by atoms with Crippen LogP contribution in [0.15, 0.2) is 17.2 Å². The first kappa shape index (κ1) is 21.3. The van der Waals surface area contributed by atoms with Gasteiger partial charge in [0.1, 0.15) is 0 Å². The Bertz CT molecular complexity index is 1000. The van der Waals surface area contributed by atoms with Crippen molar-refractivity contribution < 1.29 is 30.4 Å². The van der Waals surface area contributed by atoms with Gasteiger partial charge in [0, 0.05) is 32.4 Å². The first-order chi connectivity index (χ1) is 13.6. The van der Waals surface area contributed by atoms with Crippen molar-refractivity contribution in [2.45, 2.75) is 11.4 Å². The molecule has 1 aliphatic heterocycles. The topological polar surface area (TPSA) is 78.4 Å². The second-order valence-corrected chi connectivity index (χ2v) is 8.07. The fraction of sp³-hybridized carbons (Fsp3) is 0.375. The Morgan fingerprint density at radius 1 is 0.966 bits per heavy atom. The van der Waals surface area contributed by atoms with Crippen LogP contribution in [0.4, 0.5) is 27.9 Å². The molecule has 2 heterocycles. The first-order valence-electron chi connectivity index (χ1n) is 8.38. The monoisotopic (exact) mass is 437 g/mol. The third-order valence-electron chi connectivity index (χ3n) is 4.37. The molecule has 29 heavy (non-hydrogen) atoms. The number of aromatic nitrogens is 2. The maximum absolute atomic E-state index is 13.8. The predicted molar refractivity (Wildman–Crippen MR) is 92.0 cm³/mol. The number of halogens is 5. The molecule has 7 nitrogen and oxygen atoms in total. The van der Waals surface area contributed by atoms with E-state index in [2.05, 4.69) is 14.9 Å². The number of sulfonamides is 1. The average Bonchev–Trinajstić information content (AvgIpc) is 2.70. The highest BCUT2D eigenvalue weighted by Gasteiger charge is 2.33. The number of piperazine rings is 1. The molecule has 1 aliphatic rings. The maximum atomic E-state index is 13.8. The highest BCUT2D eigenvalue weighted by atomic mass is 32.2. The number of nitrogens with one attached hydrogen (secondary N) is 1. The lowest BCUT2D eigenvalue weighted by Gasteiger charge is -2.32. The van der Waals surface area contributed by atoms with E-state index in [4.69, 9.17) is 0 Å². The van der Waals surface area contributed by atoms with E-state index < -0.39 is 50.5 Å². The number of anilines is 1. The normalized spacial score (nSPS) is 15.7. The number of benzene rings is 1. The van der Waals surface area contributed by atoms with Gasteiger partial charge in [-0.2, -0.15) is 0 Å². The van der Waals surface area contributed by atoms with Crippen LogP contribution in [0.2, 0.25) is 0 Å². The summed E-state index contributed by atoms with van der Waals surface area (Å²) in [6, 6.07) is 1.36. The smallest absolute Gasteiger partial charge is 0.247 e. The first-order valence-corrected chi connectivity index (χ1v) is 9.86. The lowest BCUT2D eigenvalue weighted by atomic mass is 10.3. The number of rotatable bonds is 5. The van der Waals surface area contributed by atoms with Crippen LogP contribution >= 0.6 is 0 Å². The molecular weight excluding hydrogens is 421 g/mol. The van der Waals surface area contributed by atoms with Gasteiger partial charge in [-0.3, -0.25) is 0 Å². The van der Waals surface area contributed by atoms with Gasteiger partial charge in [-0.25, -0.2) is 45.1 Å². The van der Waals surface area contributed by atoms with Gasteiger partial charge in [-0.05, 0) is 13.1 Å². The van der Waals surface area contributed by atoms with Crippen molar-refractivity contribution in [3.8, 4) is 0 Å². The van der Waals surface area contributed by atoms with E-state index in [9.17, 15) is 30.4 Å². The molecule has 1 aromatic carbocycles. The predicted octanol–water partition coefficient (Wildman–Crippen LogP) is 1.40. The largest absolute Gasteiger partial charge is 0.338 e. The molecule has 0 aliphatic carbocycles. The summed E-state index contributed by atoms with van der Waals surface area (Å²) in [6.45, 7) is 2.32. The van der Waals surface area contributed by atoms with Crippen LogP contribution in [-0.4, -0.2) is 56.5 Å². The molecule has 2 aromatic rings. The summed E-state index contributed by atoms with van der Waals surface area (Å²) in [5.74, 6) is -11.7. The molecule has 0 amide bonds. The third kappa shape index (κ3) is 4.31. The van der Waals surface area contributed by atoms with Gasteiger partial charge in [0.15, 0.2) is 28.2 Å². The summed E-state index contributed by atoms with van der Waals surface area (Å²) in [4.78, 5) is 10.3. The molecule has 13 heteroatoms. The standard InChI is InChI=1S/C16H16F5N5O2S/c1-25-4-6-26(7-5-25)16-22-3-2-9(24-16)8-23-29(27,28)15-13(20)11(18)10(17)12(19)14(15)21/h2-3,23H,4-8H2,1H3. The van der Waals surface area contributed by atoms with Crippen molar-refractivity contribution in [2.24, 2.45) is 0 Å². The minimum Gasteiger partial charge on any atom is -0.338 e. The van der Waals surface area contributed by atoms with Crippen LogP contribution in [0.5, 0.6) is 0 Å². The van der Waals surface area contributed by atoms with E-state index in [1.54, 1.807) is 4.72 Å². The van der Waals surface area contributed by atoms with Crippen LogP contribution < -0.4 is 9.62 Å². The Labute approximate surface area is 163 Å². The fourth-order valence-corrected chi connectivity index (χ4v) is 3.84. The highest BCUT2D eigenvalue weighted by molar-refractivity contribution is 7.89. The van der Waals surface area contributed by atoms with Crippen LogP contribution in [0.25, 0.3) is 0 Å². The molecule has 158 valence electrons. The molecule has 1 saturated heterocycles. The molecule has 0 atom stereocenters. The Balaban J connectivity index is 1.81. The second-order valence-electron chi connectivity index (χ2n) is 6.36. The van der Waals surface area contributed by atoms with Gasteiger partial charge in [0.25, 0.3) is 0 Å². The molecule has 0 unspecified atom stereocenters. The lowest BCUT2D eigenvalue weighted by molar-refractivity contribution is 0.311. The minimum atomic E-state index is -5.05. The van der Waals surface area contributed by atoms with E-state index in [0.717, 1.165) is 13.1 Å². The van der Waals surface area contributed by atoms with Gasteiger partial charge in [0.05, 0.1) is 12.2 Å². The summed E-state index contributed by atoms with van der Waals surface area (Å²) >= 11 is 0. The SMILES string of the molecule is CN1CCN(c2nccc(CNS(=O)(=O)c3c(F)c(F)c(F)c(F)c3F)n2)CC1. The molecule has 0 saturated carbocycles. The zero-order chi connectivity index (χ0) is 21.3. The Morgan fingerprint density at radius 2 is 1.52 bits per heavy atom. The van der Waals surface area contributed by atoms with Crippen molar-refractivity contribution in [2.75, 3.05) is 38.1 Å². The zero-order valence-electron chi connectivity index (χ0n) is 15.1. The molecule has 1 aromatic heterocycles. The summed E-state index contributed by atoms with van der Waals surface area (Å²) in [7, 11) is -3.09. The number of hydrogen-bond acceptors (Lipinski definition) is 6. The van der Waals surface area contributed by atoms with Crippen molar-refractivity contribution >= 4 is 16.0 Å². The maximum Gasteiger partial charge on any atom is 0.247 e. The quantitative estimate of drug-likeness (QED) is 0.433. The number of likely N-dealkylation sites (N-methyl/N-ethyl adjacent to an activating group) is 1. The Kier molecular flexibility index (Phi) is 6.00. The molecule has 3 rings (SSSR count). The summed E-state index contributed by atoms with van der Waals surface area (Å²) in [5, 5.41) is 0. The Hall–Kier alpha value is -2.38. The summed E-state index contributed by atoms with van der Waals surface area (Å²) in [6.07, 6.45) is 1.38. The van der Waals surface area contributed by atoms with Crippen molar-refractivity contribution in [1.29, 1.82) is 0 Å². The Morgan fingerprint density at radius 3 is 2.10 bits per heavy atom. The number of hydrogen-bond donors (Lipinski definition) is 1. The molecule has 0 radical (unpaired) electrons. The molecule has 1 N–H and O–H groups in total. The fourth-order valence-electron chi connectivity index (χ4n) is 2.70. The number of nitrogens with zero attached hydrogens (tertiary/aromatic N) is 4. The molecule has 0 bridgehead atoms.